The lowest BCUT2D eigenvalue weighted by Gasteiger charge is -2.33. The molecule has 1 fully saturated rings. The summed E-state index contributed by atoms with van der Waals surface area (Å²) in [6.45, 7) is 4.13. The van der Waals surface area contributed by atoms with Gasteiger partial charge in [0.05, 0.1) is 38.2 Å². The number of thiophene rings is 2. The van der Waals surface area contributed by atoms with E-state index in [4.69, 9.17) is 4.74 Å². The van der Waals surface area contributed by atoms with Gasteiger partial charge in [0.1, 0.15) is 5.75 Å². The molecule has 2 aromatic carbocycles. The van der Waals surface area contributed by atoms with Crippen LogP contribution in [-0.2, 0) is 28.2 Å². The van der Waals surface area contributed by atoms with E-state index in [0.29, 0.717) is 39.3 Å². The minimum Gasteiger partial charge on any atom is -0.506 e. The third kappa shape index (κ3) is 7.64. The van der Waals surface area contributed by atoms with Crippen LogP contribution in [0.3, 0.4) is 0 Å². The number of rotatable bonds is 14. The number of aromatic amines is 1. The minimum atomic E-state index is -1.80. The van der Waals surface area contributed by atoms with Crippen LogP contribution in [0.15, 0.2) is 87.1 Å². The summed E-state index contributed by atoms with van der Waals surface area (Å²) in [7, 11) is 0. The second-order valence-electron chi connectivity index (χ2n) is 13.2. The number of hydrogen-bond donors (Lipinski definition) is 5. The quantitative estimate of drug-likeness (QED) is 0.0950. The van der Waals surface area contributed by atoms with Crippen molar-refractivity contribution in [3.63, 3.8) is 0 Å². The molecule has 7 rings (SSSR count). The average Bonchev–Trinajstić information content (AvgIpc) is 3.94. The first-order valence-corrected chi connectivity index (χ1v) is 19.8. The fraction of sp³-hybridized carbons (Fsp3) is 0.342. The molecule has 1 aliphatic heterocycles. The fourth-order valence-electron chi connectivity index (χ4n) is 6.98. The topological polar surface area (TPSA) is 157 Å². The number of pyridine rings is 1. The zero-order chi connectivity index (χ0) is 36.2. The van der Waals surface area contributed by atoms with Gasteiger partial charge in [0.25, 0.3) is 0 Å². The van der Waals surface area contributed by atoms with E-state index in [0.717, 1.165) is 54.7 Å². The lowest BCUT2D eigenvalue weighted by Crippen LogP contribution is -2.41. The van der Waals surface area contributed by atoms with E-state index < -0.39 is 17.7 Å². The maximum atomic E-state index is 13.3. The van der Waals surface area contributed by atoms with Crippen molar-refractivity contribution in [2.24, 2.45) is 5.92 Å². The lowest BCUT2D eigenvalue weighted by molar-refractivity contribution is -0.163. The predicted octanol–water partition coefficient (Wildman–Crippen LogP) is 5.14. The molecule has 1 aliphatic rings. The molecular weight excluding hydrogens is 721 g/mol. The molecule has 5 N–H and O–H groups in total. The number of nitrogens with zero attached hydrogens (tertiary/aromatic N) is 2. The molecule has 52 heavy (non-hydrogen) atoms. The highest BCUT2D eigenvalue weighted by molar-refractivity contribution is 7.16. The summed E-state index contributed by atoms with van der Waals surface area (Å²) < 4.78 is 8.52. The Morgan fingerprint density at radius 1 is 1.04 bits per heavy atom. The number of phenolic OH excluding ortho intramolecular Hbond substituents is 1. The number of aliphatic hydroxyl groups is 2. The number of ether oxygens (including phenoxy) is 1. The summed E-state index contributed by atoms with van der Waals surface area (Å²) in [5.74, 6) is -0.531. The highest BCUT2D eigenvalue weighted by Crippen LogP contribution is 2.37. The van der Waals surface area contributed by atoms with E-state index in [2.05, 4.69) is 15.2 Å². The number of likely N-dealkylation sites (tertiary alicyclic amines) is 1. The summed E-state index contributed by atoms with van der Waals surface area (Å²) >= 11 is 3.89. The van der Waals surface area contributed by atoms with Gasteiger partial charge in [-0.15, -0.1) is 22.7 Å². The predicted molar refractivity (Wildman–Crippen MR) is 205 cm³/mol. The Morgan fingerprint density at radius 2 is 1.83 bits per heavy atom. The Bertz CT molecular complexity index is 2230. The number of benzene rings is 2. The molecule has 0 amide bonds. The lowest BCUT2D eigenvalue weighted by atomic mass is 9.98. The number of esters is 1. The third-order valence-corrected chi connectivity index (χ3v) is 12.5. The van der Waals surface area contributed by atoms with Crippen molar-refractivity contribution in [3.8, 4) is 5.75 Å². The molecule has 0 spiro atoms. The second kappa shape index (κ2) is 15.8. The molecule has 14 heteroatoms. The van der Waals surface area contributed by atoms with E-state index >= 15 is 0 Å². The normalized spacial score (nSPS) is 16.1. The van der Waals surface area contributed by atoms with Crippen molar-refractivity contribution >= 4 is 61.1 Å². The Balaban J connectivity index is 0.900. The van der Waals surface area contributed by atoms with Crippen LogP contribution >= 0.6 is 34.0 Å². The molecule has 2 atom stereocenters. The molecule has 6 aromatic rings. The summed E-state index contributed by atoms with van der Waals surface area (Å²) in [6.07, 6.45) is 1.87. The van der Waals surface area contributed by atoms with Gasteiger partial charge in [0.2, 0.25) is 11.2 Å². The SMILES string of the molecule is O=C(OCC1CCCN(CCCn2c(=O)sc3cc(CNC[C@H](O)c4ccc(O)c5[nH]c(=O)ccc45)ccc32)C1)C(O)(c1cccs1)c1cccs1. The number of fused-ring (bicyclic) bond motifs is 2. The molecular formula is C38H40N4O7S3. The zero-order valence-electron chi connectivity index (χ0n) is 28.3. The molecule has 5 heterocycles. The van der Waals surface area contributed by atoms with Crippen molar-refractivity contribution in [2.45, 2.75) is 44.1 Å². The number of piperidine rings is 1. The number of aromatic hydroxyl groups is 1. The van der Waals surface area contributed by atoms with Gasteiger partial charge in [-0.25, -0.2) is 4.79 Å². The Labute approximate surface area is 311 Å². The molecule has 1 unspecified atom stereocenters. The summed E-state index contributed by atoms with van der Waals surface area (Å²) in [6, 6.07) is 19.2. The largest absolute Gasteiger partial charge is 0.506 e. The molecule has 4 aromatic heterocycles. The maximum absolute atomic E-state index is 13.3. The van der Waals surface area contributed by atoms with Crippen molar-refractivity contribution in [1.82, 2.24) is 19.8 Å². The number of carbonyl (C=O) groups is 1. The fourth-order valence-corrected chi connectivity index (χ4v) is 9.67. The van der Waals surface area contributed by atoms with Crippen LogP contribution in [0.25, 0.3) is 21.1 Å². The number of aliphatic hydroxyl groups excluding tert-OH is 1. The highest BCUT2D eigenvalue weighted by Gasteiger charge is 2.44. The smallest absolute Gasteiger partial charge is 0.349 e. The van der Waals surface area contributed by atoms with Crippen LogP contribution in [0.2, 0.25) is 0 Å². The van der Waals surface area contributed by atoms with E-state index in [-0.39, 0.29) is 35.3 Å². The van der Waals surface area contributed by atoms with Gasteiger partial charge in [0.15, 0.2) is 0 Å². The Hall–Kier alpha value is -4.15. The van der Waals surface area contributed by atoms with Gasteiger partial charge in [-0.3, -0.25) is 14.2 Å². The Morgan fingerprint density at radius 3 is 2.58 bits per heavy atom. The van der Waals surface area contributed by atoms with Crippen molar-refractivity contribution in [3.05, 3.63) is 118 Å². The van der Waals surface area contributed by atoms with Crippen molar-refractivity contribution in [1.29, 1.82) is 0 Å². The number of thiazole rings is 1. The standard InChI is InChI=1S/C38H40N4O7S3/c43-29-12-9-26(27-10-13-34(45)40-35(27)29)30(44)21-39-20-24-8-11-28-31(19-24)52-37(47)42(28)16-4-15-41-14-1-5-25(22-41)23-49-36(46)38(48,32-6-2-17-50-32)33-7-3-18-51-33/h2-3,6-13,17-19,25,30,39,43-44,48H,1,4-5,14-16,20-23H2,(H,40,45)/t25?,30-/m0/s1. The molecule has 0 bridgehead atoms. The number of aryl methyl sites for hydroxylation is 1. The third-order valence-electron chi connectivity index (χ3n) is 9.63. The van der Waals surface area contributed by atoms with Crippen molar-refractivity contribution in [2.75, 3.05) is 32.8 Å². The van der Waals surface area contributed by atoms with E-state index in [9.17, 15) is 29.7 Å². The number of aromatic nitrogens is 2. The summed E-state index contributed by atoms with van der Waals surface area (Å²) in [4.78, 5) is 44.1. The van der Waals surface area contributed by atoms with Crippen LogP contribution in [0.1, 0.15) is 46.2 Å². The molecule has 0 aliphatic carbocycles. The molecule has 0 saturated carbocycles. The minimum absolute atomic E-state index is 0.000169. The van der Waals surface area contributed by atoms with Gasteiger partial charge in [0, 0.05) is 43.5 Å². The number of phenols is 1. The molecule has 11 nitrogen and oxygen atoms in total. The maximum Gasteiger partial charge on any atom is 0.349 e. The Kier molecular flexibility index (Phi) is 11.0. The van der Waals surface area contributed by atoms with Crippen LogP contribution < -0.4 is 15.7 Å². The van der Waals surface area contributed by atoms with Crippen LogP contribution in [-0.4, -0.2) is 68.5 Å². The first-order valence-electron chi connectivity index (χ1n) is 17.3. The zero-order valence-corrected chi connectivity index (χ0v) is 30.8. The second-order valence-corrected chi connectivity index (χ2v) is 16.1. The van der Waals surface area contributed by atoms with E-state index in [1.807, 2.05) is 45.7 Å². The van der Waals surface area contributed by atoms with Gasteiger partial charge in [-0.05, 0) is 90.6 Å². The molecule has 0 radical (unpaired) electrons. The van der Waals surface area contributed by atoms with Crippen molar-refractivity contribution < 1.29 is 24.9 Å². The highest BCUT2D eigenvalue weighted by atomic mass is 32.1. The number of carbonyl (C=O) groups excluding carboxylic acids is 1. The van der Waals surface area contributed by atoms with Gasteiger partial charge in [-0.2, -0.15) is 0 Å². The van der Waals surface area contributed by atoms with Crippen LogP contribution in [0.4, 0.5) is 0 Å². The first kappa shape index (κ1) is 36.2. The van der Waals surface area contributed by atoms with Crippen LogP contribution in [0, 0.1) is 5.92 Å². The molecule has 272 valence electrons. The summed E-state index contributed by atoms with van der Waals surface area (Å²) in [5.41, 5.74) is 0.637. The van der Waals surface area contributed by atoms with Gasteiger partial charge < -0.3 is 35.3 Å². The van der Waals surface area contributed by atoms with Gasteiger partial charge in [-0.1, -0.05) is 35.6 Å². The average molecular weight is 761 g/mol. The van der Waals surface area contributed by atoms with Crippen LogP contribution in [0.5, 0.6) is 5.75 Å². The monoisotopic (exact) mass is 760 g/mol. The summed E-state index contributed by atoms with van der Waals surface area (Å²) in [5, 5.41) is 40.1. The number of nitrogens with one attached hydrogen (secondary N) is 2. The van der Waals surface area contributed by atoms with Gasteiger partial charge >= 0.3 is 10.8 Å². The first-order chi connectivity index (χ1) is 25.2. The number of hydrogen-bond acceptors (Lipinski definition) is 12. The van der Waals surface area contributed by atoms with E-state index in [1.54, 1.807) is 24.3 Å². The number of H-pyrrole nitrogens is 1. The molecule has 1 saturated heterocycles. The van der Waals surface area contributed by atoms with E-state index in [1.165, 1.54) is 46.1 Å².